The lowest BCUT2D eigenvalue weighted by molar-refractivity contribution is -0.144. The topological polar surface area (TPSA) is 141 Å². The molecular weight excluding hydrogens is 1070 g/mol. The van der Waals surface area contributed by atoms with Crippen molar-refractivity contribution in [2.75, 3.05) is 7.11 Å². The second kappa shape index (κ2) is 30.0. The first-order chi connectivity index (χ1) is 37.7. The molecule has 0 fully saturated rings. The number of nitrogens with two attached hydrogens (primary N) is 1. The Morgan fingerprint density at radius 2 is 0.987 bits per heavy atom. The number of carboxylic acids is 1. The first-order valence-corrected chi connectivity index (χ1v) is 26.4. The summed E-state index contributed by atoms with van der Waals surface area (Å²) in [6.07, 6.45) is -7.85. The molecule has 0 aliphatic heterocycles. The Kier molecular flexibility index (Phi) is 22.7. The van der Waals surface area contributed by atoms with Gasteiger partial charge in [-0.1, -0.05) is 140 Å². The van der Waals surface area contributed by atoms with Crippen LogP contribution in [0, 0.1) is 0 Å². The molecule has 4 N–H and O–H groups in total. The van der Waals surface area contributed by atoms with E-state index in [1.54, 1.807) is 54.0 Å². The summed E-state index contributed by atoms with van der Waals surface area (Å²) in [5, 5.41) is 26.5. The number of para-hydroxylation sites is 2. The van der Waals surface area contributed by atoms with Crippen LogP contribution in [0.2, 0.25) is 0 Å². The summed E-state index contributed by atoms with van der Waals surface area (Å²) in [5.41, 5.74) is 5.39. The molecule has 404 valence electrons. The number of nitrogens with zero attached hydrogens (tertiary/aromatic N) is 5. The van der Waals surface area contributed by atoms with E-state index >= 15 is 0 Å². The molecule has 0 atom stereocenters. The number of carboxylic acid groups (broad SMARTS) is 1. The van der Waals surface area contributed by atoms with Gasteiger partial charge in [0, 0.05) is 35.9 Å². The maximum absolute atomic E-state index is 14.0. The first-order valence-electron chi connectivity index (χ1n) is 23.7. The zero-order valence-electron chi connectivity index (χ0n) is 41.8. The van der Waals surface area contributed by atoms with E-state index in [2.05, 4.69) is 57.3 Å². The number of nitrogens with one attached hydrogen (secondary N) is 1. The van der Waals surface area contributed by atoms with Crippen molar-refractivity contribution in [3.8, 4) is 16.4 Å². The third-order valence-electron chi connectivity index (χ3n) is 10.8. The van der Waals surface area contributed by atoms with Crippen LogP contribution in [0.5, 0.6) is 5.06 Å². The summed E-state index contributed by atoms with van der Waals surface area (Å²) in [5.74, 6) is -2.38. The van der Waals surface area contributed by atoms with Gasteiger partial charge in [0.15, 0.2) is 16.5 Å². The molecule has 78 heavy (non-hydrogen) atoms. The average molecular weight is 1120 g/mol. The fourth-order valence-corrected chi connectivity index (χ4v) is 9.12. The van der Waals surface area contributed by atoms with Crippen LogP contribution >= 0.6 is 34.0 Å². The average Bonchev–Trinajstić information content (AvgIpc) is 4.33. The van der Waals surface area contributed by atoms with Gasteiger partial charge >= 0.3 is 18.3 Å². The number of methoxy groups -OCH3 is 1. The van der Waals surface area contributed by atoms with Crippen LogP contribution in [0.15, 0.2) is 217 Å². The molecule has 0 saturated heterocycles. The second-order valence-electron chi connectivity index (χ2n) is 16.3. The van der Waals surface area contributed by atoms with E-state index in [9.17, 15) is 35.9 Å². The maximum atomic E-state index is 14.0. The number of aromatic nitrogens is 4. The van der Waals surface area contributed by atoms with Crippen molar-refractivity contribution < 1.29 is 45.8 Å². The van der Waals surface area contributed by atoms with E-state index in [-0.39, 0.29) is 24.5 Å². The van der Waals surface area contributed by atoms with Gasteiger partial charge < -0.3 is 25.8 Å². The minimum Gasteiger partial charge on any atom is -0.487 e. The molecule has 0 bridgehead atoms. The van der Waals surface area contributed by atoms with E-state index < -0.39 is 46.7 Å². The number of alkyl halides is 6. The number of hydrogen-bond donors (Lipinski definition) is 3. The van der Waals surface area contributed by atoms with Crippen LogP contribution in [-0.4, -0.2) is 48.6 Å². The van der Waals surface area contributed by atoms with Gasteiger partial charge in [-0.3, -0.25) is 4.79 Å². The zero-order valence-corrected chi connectivity index (χ0v) is 44.2. The van der Waals surface area contributed by atoms with Crippen LogP contribution < -0.4 is 15.8 Å². The number of aromatic carboxylic acids is 1. The van der Waals surface area contributed by atoms with E-state index in [1.165, 1.54) is 68.6 Å². The molecule has 0 radical (unpaired) electrons. The molecule has 0 aliphatic rings. The van der Waals surface area contributed by atoms with E-state index in [4.69, 9.17) is 15.6 Å². The molecule has 20 heteroatoms. The largest absolute Gasteiger partial charge is 0.487 e. The van der Waals surface area contributed by atoms with Crippen molar-refractivity contribution >= 4 is 45.9 Å². The van der Waals surface area contributed by atoms with Crippen LogP contribution in [0.3, 0.4) is 0 Å². The Morgan fingerprint density at radius 3 is 1.40 bits per heavy atom. The Labute approximate surface area is 459 Å². The van der Waals surface area contributed by atoms with Gasteiger partial charge in [0.25, 0.3) is 5.91 Å². The minimum atomic E-state index is -4.79. The highest BCUT2D eigenvalue weighted by Gasteiger charge is 2.42. The number of amides is 1. The third kappa shape index (κ3) is 18.3. The van der Waals surface area contributed by atoms with Gasteiger partial charge in [-0.05, 0) is 81.4 Å². The van der Waals surface area contributed by atoms with E-state index in [0.717, 1.165) is 39.5 Å². The smallest absolute Gasteiger partial charge is 0.434 e. The van der Waals surface area contributed by atoms with Crippen molar-refractivity contribution in [1.82, 2.24) is 29.8 Å². The fraction of sp³-hybridized carbons (Fsp3) is 0.138. The number of hydrogen-bond acceptors (Lipinski definition) is 10. The molecule has 1 amide bonds. The number of carbonyl (C=O) groups excluding carboxylic acids is 1. The number of carbonyl (C=O) groups is 2. The summed E-state index contributed by atoms with van der Waals surface area (Å²) in [7, 11) is 1.67. The summed E-state index contributed by atoms with van der Waals surface area (Å²) in [4.78, 5) is 27.8. The maximum Gasteiger partial charge on any atom is 0.434 e. The highest BCUT2D eigenvalue weighted by Crippen LogP contribution is 2.36. The number of rotatable bonds is 14. The normalized spacial score (nSPS) is 10.8. The highest BCUT2D eigenvalue weighted by atomic mass is 32.1. The molecule has 0 spiro atoms. The van der Waals surface area contributed by atoms with Gasteiger partial charge in [-0.25, -0.2) is 14.2 Å². The van der Waals surface area contributed by atoms with Gasteiger partial charge in [-0.2, -0.15) is 36.5 Å². The van der Waals surface area contributed by atoms with Crippen LogP contribution in [-0.2, 0) is 45.1 Å². The van der Waals surface area contributed by atoms with Gasteiger partial charge in [0.2, 0.25) is 0 Å². The lowest BCUT2D eigenvalue weighted by Gasteiger charge is -2.23. The molecule has 0 saturated carbocycles. The van der Waals surface area contributed by atoms with Crippen molar-refractivity contribution in [3.05, 3.63) is 266 Å². The van der Waals surface area contributed by atoms with E-state index in [1.807, 2.05) is 102 Å². The van der Waals surface area contributed by atoms with Gasteiger partial charge in [-0.15, -0.1) is 34.0 Å². The SMILES string of the molecule is COc1cccs1.NCc1ccccc1.O=C(O)c1cnn(-c2ccccc2)c1C(F)(F)F.O=C(c1cnn(-c2ccccc2)c1C(F)(F)F)N(Cc1ccccc1)Cc1cccs1.c1ccc(CNCc2cccs2)cc1. The molecule has 10 rings (SSSR count). The fourth-order valence-electron chi connectivity index (χ4n) is 7.18. The second-order valence-corrected chi connectivity index (χ2v) is 19.3. The summed E-state index contributed by atoms with van der Waals surface area (Å²) in [6.45, 7) is 2.94. The van der Waals surface area contributed by atoms with Crippen molar-refractivity contribution in [2.45, 2.75) is 45.1 Å². The molecule has 0 unspecified atom stereocenters. The Balaban J connectivity index is 0.000000176. The predicted octanol–water partition coefficient (Wildman–Crippen LogP) is 14.3. The number of halogens is 6. The quantitative estimate of drug-likeness (QED) is 0.0915. The lowest BCUT2D eigenvalue weighted by Crippen LogP contribution is -2.31. The summed E-state index contributed by atoms with van der Waals surface area (Å²) >= 11 is 4.85. The number of thiophene rings is 3. The van der Waals surface area contributed by atoms with Crippen LogP contribution in [0.25, 0.3) is 11.4 Å². The lowest BCUT2D eigenvalue weighted by atomic mass is 10.1. The summed E-state index contributed by atoms with van der Waals surface area (Å²) < 4.78 is 86.9. The molecule has 0 aliphatic carbocycles. The standard InChI is InChI=1S/C23H18F3N3OS.C12H13NS.C11H7F3N2O2.C7H9N.C5H6OS/c24-23(25,26)21-20(14-27-29(21)18-10-5-2-6-11-18)22(30)28(16-19-12-7-13-31-19)15-17-8-3-1-4-9-17;1-2-5-11(6-3-1)9-13-10-12-7-4-8-14-12;12-11(13,14)9-8(10(17)18)6-15-16(9)7-4-2-1-3-5-7;8-6-7-4-2-1-3-5-7;1-6-5-3-2-4-7-5/h1-14H,15-16H2;1-8,13H,9-10H2;1-6H,(H,17,18);1-5H,6,8H2;2-4H,1H3. The molecule has 11 nitrogen and oxygen atoms in total. The van der Waals surface area contributed by atoms with Gasteiger partial charge in [0.1, 0.15) is 5.56 Å². The van der Waals surface area contributed by atoms with Crippen molar-refractivity contribution in [2.24, 2.45) is 5.73 Å². The van der Waals surface area contributed by atoms with Crippen molar-refractivity contribution in [3.63, 3.8) is 0 Å². The Bertz CT molecular complexity index is 3250. The summed E-state index contributed by atoms with van der Waals surface area (Å²) in [6, 6.07) is 57.0. The van der Waals surface area contributed by atoms with Crippen LogP contribution in [0.4, 0.5) is 26.3 Å². The molecule has 5 heterocycles. The highest BCUT2D eigenvalue weighted by molar-refractivity contribution is 7.11. The number of benzene rings is 5. The molecule has 5 aromatic heterocycles. The Hall–Kier alpha value is -8.14. The minimum absolute atomic E-state index is 0.150. The monoisotopic (exact) mass is 1120 g/mol. The molecular formula is C58H53F6N7O4S3. The first kappa shape index (κ1) is 59.1. The van der Waals surface area contributed by atoms with E-state index in [0.29, 0.717) is 17.4 Å². The van der Waals surface area contributed by atoms with Crippen molar-refractivity contribution in [1.29, 1.82) is 0 Å². The number of ether oxygens (including phenoxy) is 1. The Morgan fingerprint density at radius 1 is 0.551 bits per heavy atom. The molecule has 10 aromatic rings. The third-order valence-corrected chi connectivity index (χ3v) is 13.4. The van der Waals surface area contributed by atoms with Crippen LogP contribution in [0.1, 0.15) is 58.5 Å². The predicted molar refractivity (Wildman–Crippen MR) is 295 cm³/mol. The molecule has 5 aromatic carbocycles. The van der Waals surface area contributed by atoms with Gasteiger partial charge in [0.05, 0.1) is 43.0 Å². The zero-order chi connectivity index (χ0) is 55.8.